The van der Waals surface area contributed by atoms with E-state index in [1.54, 1.807) is 7.11 Å². The molecule has 0 bridgehead atoms. The number of anilines is 1. The number of aromatic nitrogens is 3. The number of benzene rings is 1. The van der Waals surface area contributed by atoms with Crippen LogP contribution >= 0.6 is 0 Å². The first kappa shape index (κ1) is 18.1. The van der Waals surface area contributed by atoms with E-state index in [0.717, 1.165) is 46.1 Å². The highest BCUT2D eigenvalue weighted by Crippen LogP contribution is 2.35. The molecule has 7 heteroatoms. The molecular formula is C22H25N5O2. The van der Waals surface area contributed by atoms with E-state index in [1.165, 1.54) is 0 Å². The fraction of sp³-hybridized carbons (Fsp3) is 0.409. The van der Waals surface area contributed by atoms with Gasteiger partial charge in [-0.05, 0) is 36.1 Å². The maximum Gasteiger partial charge on any atom is 0.251 e. The molecule has 1 aliphatic carbocycles. The van der Waals surface area contributed by atoms with E-state index in [9.17, 15) is 4.79 Å². The quantitative estimate of drug-likeness (QED) is 0.635. The second-order valence-corrected chi connectivity index (χ2v) is 8.66. The van der Waals surface area contributed by atoms with Gasteiger partial charge in [0.15, 0.2) is 0 Å². The molecule has 5 rings (SSSR count). The molecular weight excluding hydrogens is 366 g/mol. The van der Waals surface area contributed by atoms with Gasteiger partial charge in [-0.1, -0.05) is 19.9 Å². The van der Waals surface area contributed by atoms with Crippen LogP contribution in [0.3, 0.4) is 0 Å². The molecule has 0 spiro atoms. The van der Waals surface area contributed by atoms with E-state index >= 15 is 0 Å². The number of ether oxygens (including phenoxy) is 1. The van der Waals surface area contributed by atoms with Crippen LogP contribution in [0, 0.1) is 0 Å². The summed E-state index contributed by atoms with van der Waals surface area (Å²) >= 11 is 0. The Morgan fingerprint density at radius 1 is 1.24 bits per heavy atom. The molecule has 1 aromatic carbocycles. The Morgan fingerprint density at radius 2 is 2.07 bits per heavy atom. The Balaban J connectivity index is 1.46. The number of carbonyl (C=O) groups is 1. The van der Waals surface area contributed by atoms with Crippen LogP contribution in [0.15, 0.2) is 30.6 Å². The lowest BCUT2D eigenvalue weighted by Gasteiger charge is -2.34. The summed E-state index contributed by atoms with van der Waals surface area (Å²) in [5, 5.41) is 7.31. The zero-order valence-corrected chi connectivity index (χ0v) is 16.9. The predicted octanol–water partition coefficient (Wildman–Crippen LogP) is 3.24. The number of hydrogen-bond acceptors (Lipinski definition) is 5. The molecule has 1 amide bonds. The Hall–Kier alpha value is -2.93. The van der Waals surface area contributed by atoms with Crippen LogP contribution in [0.1, 0.15) is 42.6 Å². The highest BCUT2D eigenvalue weighted by atomic mass is 16.5. The lowest BCUT2D eigenvalue weighted by atomic mass is 9.78. The summed E-state index contributed by atoms with van der Waals surface area (Å²) in [5.41, 5.74) is 4.62. The van der Waals surface area contributed by atoms with Gasteiger partial charge in [0.2, 0.25) is 5.95 Å². The predicted molar refractivity (Wildman–Crippen MR) is 112 cm³/mol. The minimum atomic E-state index is -0.109. The Labute approximate surface area is 169 Å². The number of nitrogens with one attached hydrogen (secondary N) is 3. The molecule has 0 unspecified atom stereocenters. The number of amides is 1. The maximum atomic E-state index is 12.2. The average molecular weight is 391 g/mol. The van der Waals surface area contributed by atoms with Crippen LogP contribution in [-0.4, -0.2) is 46.7 Å². The van der Waals surface area contributed by atoms with E-state index in [1.807, 2.05) is 24.5 Å². The SMILES string of the molecule is CO[C@H]1C[C@@H](Nc2ncc3c(-c4ccc5c(c4)C(C)(C)CNC5=O)c[nH]c3n2)C1. The second-order valence-electron chi connectivity index (χ2n) is 8.66. The average Bonchev–Trinajstić information content (AvgIpc) is 3.10. The van der Waals surface area contributed by atoms with Crippen molar-refractivity contribution in [2.24, 2.45) is 0 Å². The molecule has 0 saturated heterocycles. The van der Waals surface area contributed by atoms with Crippen molar-refractivity contribution in [1.29, 1.82) is 0 Å². The minimum absolute atomic E-state index is 0.00411. The Kier molecular flexibility index (Phi) is 4.10. The molecule has 3 heterocycles. The molecule has 1 aliphatic heterocycles. The molecule has 1 fully saturated rings. The number of hydrogen-bond donors (Lipinski definition) is 3. The third-order valence-electron chi connectivity index (χ3n) is 6.19. The largest absolute Gasteiger partial charge is 0.381 e. The van der Waals surface area contributed by atoms with Gasteiger partial charge in [-0.2, -0.15) is 4.98 Å². The molecule has 150 valence electrons. The smallest absolute Gasteiger partial charge is 0.251 e. The fourth-order valence-electron chi connectivity index (χ4n) is 4.24. The van der Waals surface area contributed by atoms with E-state index in [2.05, 4.69) is 45.5 Å². The van der Waals surface area contributed by atoms with Crippen LogP contribution < -0.4 is 10.6 Å². The van der Waals surface area contributed by atoms with Gasteiger partial charge >= 0.3 is 0 Å². The van der Waals surface area contributed by atoms with Crippen molar-refractivity contribution in [2.45, 2.75) is 44.2 Å². The van der Waals surface area contributed by atoms with Gasteiger partial charge in [0, 0.05) is 54.0 Å². The summed E-state index contributed by atoms with van der Waals surface area (Å²) < 4.78 is 5.33. The van der Waals surface area contributed by atoms with Gasteiger partial charge in [0.1, 0.15) is 5.65 Å². The van der Waals surface area contributed by atoms with Gasteiger partial charge in [-0.15, -0.1) is 0 Å². The van der Waals surface area contributed by atoms with Gasteiger partial charge in [-0.3, -0.25) is 4.79 Å². The van der Waals surface area contributed by atoms with Crippen molar-refractivity contribution < 1.29 is 9.53 Å². The highest BCUT2D eigenvalue weighted by molar-refractivity contribution is 5.99. The van der Waals surface area contributed by atoms with Crippen LogP contribution in [-0.2, 0) is 10.2 Å². The van der Waals surface area contributed by atoms with Gasteiger partial charge in [0.05, 0.1) is 6.10 Å². The number of carbonyl (C=O) groups excluding carboxylic acids is 1. The maximum absolute atomic E-state index is 12.2. The monoisotopic (exact) mass is 391 g/mol. The minimum Gasteiger partial charge on any atom is -0.381 e. The van der Waals surface area contributed by atoms with E-state index in [4.69, 9.17) is 4.74 Å². The highest BCUT2D eigenvalue weighted by Gasteiger charge is 2.32. The van der Waals surface area contributed by atoms with E-state index in [-0.39, 0.29) is 11.3 Å². The first-order valence-electron chi connectivity index (χ1n) is 10.0. The van der Waals surface area contributed by atoms with Crippen LogP contribution in [0.4, 0.5) is 5.95 Å². The van der Waals surface area contributed by atoms with Crippen molar-refractivity contribution in [2.75, 3.05) is 19.0 Å². The molecule has 0 atom stereocenters. The zero-order chi connectivity index (χ0) is 20.2. The normalized spacial score (nSPS) is 22.7. The molecule has 29 heavy (non-hydrogen) atoms. The van der Waals surface area contributed by atoms with Gasteiger partial charge in [-0.25, -0.2) is 4.98 Å². The van der Waals surface area contributed by atoms with Crippen LogP contribution in [0.2, 0.25) is 0 Å². The zero-order valence-electron chi connectivity index (χ0n) is 16.9. The number of aromatic amines is 1. The summed E-state index contributed by atoms with van der Waals surface area (Å²) in [7, 11) is 1.75. The fourth-order valence-corrected chi connectivity index (χ4v) is 4.24. The molecule has 2 aromatic heterocycles. The Morgan fingerprint density at radius 3 is 2.86 bits per heavy atom. The molecule has 7 nitrogen and oxygen atoms in total. The molecule has 2 aliphatic rings. The summed E-state index contributed by atoms with van der Waals surface area (Å²) in [6.07, 6.45) is 6.12. The number of nitrogens with zero attached hydrogens (tertiary/aromatic N) is 2. The molecule has 3 N–H and O–H groups in total. The van der Waals surface area contributed by atoms with E-state index < -0.39 is 0 Å². The van der Waals surface area contributed by atoms with Crippen molar-refractivity contribution in [3.63, 3.8) is 0 Å². The topological polar surface area (TPSA) is 91.9 Å². The molecule has 1 saturated carbocycles. The number of methoxy groups -OCH3 is 1. The summed E-state index contributed by atoms with van der Waals surface area (Å²) in [4.78, 5) is 24.7. The first-order chi connectivity index (χ1) is 13.9. The standard InChI is InChI=1S/C22H25N5O2/c1-22(2)11-25-20(28)15-5-4-12(6-18(15)22)16-9-23-19-17(16)10-24-21(27-19)26-13-7-14(8-13)29-3/h4-6,9-10,13-14H,7-8,11H2,1-3H3,(H,25,28)(H2,23,24,26,27)/t13-,14+. The lowest BCUT2D eigenvalue weighted by molar-refractivity contribution is 0.0327. The number of rotatable bonds is 4. The summed E-state index contributed by atoms with van der Waals surface area (Å²) in [6, 6.07) is 6.40. The lowest BCUT2D eigenvalue weighted by Crippen LogP contribution is -2.43. The van der Waals surface area contributed by atoms with Crippen molar-refractivity contribution in [3.05, 3.63) is 41.7 Å². The third kappa shape index (κ3) is 3.06. The van der Waals surface area contributed by atoms with Crippen LogP contribution in [0.5, 0.6) is 0 Å². The Bertz CT molecular complexity index is 1100. The second kappa shape index (κ2) is 6.56. The number of H-pyrrole nitrogens is 1. The van der Waals surface area contributed by atoms with Crippen molar-refractivity contribution in [3.8, 4) is 11.1 Å². The van der Waals surface area contributed by atoms with E-state index in [0.29, 0.717) is 24.6 Å². The summed E-state index contributed by atoms with van der Waals surface area (Å²) in [5.74, 6) is 0.629. The molecule has 0 radical (unpaired) electrons. The van der Waals surface area contributed by atoms with Crippen LogP contribution in [0.25, 0.3) is 22.2 Å². The summed E-state index contributed by atoms with van der Waals surface area (Å²) in [6.45, 7) is 4.94. The molecule has 3 aromatic rings. The number of fused-ring (bicyclic) bond motifs is 2. The first-order valence-corrected chi connectivity index (χ1v) is 10.0. The van der Waals surface area contributed by atoms with Crippen molar-refractivity contribution >= 4 is 22.9 Å². The van der Waals surface area contributed by atoms with Gasteiger partial charge < -0.3 is 20.4 Å². The van der Waals surface area contributed by atoms with Crippen molar-refractivity contribution in [1.82, 2.24) is 20.3 Å². The van der Waals surface area contributed by atoms with Gasteiger partial charge in [0.25, 0.3) is 5.91 Å². The third-order valence-corrected chi connectivity index (χ3v) is 6.19.